The molecule has 0 bridgehead atoms. The summed E-state index contributed by atoms with van der Waals surface area (Å²) in [4.78, 5) is 25.9. The lowest BCUT2D eigenvalue weighted by Gasteiger charge is -2.21. The molecule has 1 N–H and O–H groups in total. The summed E-state index contributed by atoms with van der Waals surface area (Å²) in [6.45, 7) is 5.67. The fourth-order valence-corrected chi connectivity index (χ4v) is 2.90. The highest BCUT2D eigenvalue weighted by Gasteiger charge is 2.16. The maximum Gasteiger partial charge on any atom is 0.244 e. The predicted octanol–water partition coefficient (Wildman–Crippen LogP) is 3.31. The van der Waals surface area contributed by atoms with Crippen molar-refractivity contribution in [2.75, 3.05) is 26.1 Å². The van der Waals surface area contributed by atoms with E-state index in [1.54, 1.807) is 26.4 Å². The van der Waals surface area contributed by atoms with Crippen LogP contribution in [0.4, 0.5) is 5.69 Å². The lowest BCUT2D eigenvalue weighted by molar-refractivity contribution is -0.133. The molecule has 0 spiro atoms. The molecule has 0 aromatic heterocycles. The second kappa shape index (κ2) is 9.07. The van der Waals surface area contributed by atoms with Crippen molar-refractivity contribution in [2.45, 2.75) is 27.3 Å². The zero-order valence-electron chi connectivity index (χ0n) is 16.5. The fourth-order valence-electron chi connectivity index (χ4n) is 2.90. The van der Waals surface area contributed by atoms with Crippen LogP contribution in [0.25, 0.3) is 0 Å². The van der Waals surface area contributed by atoms with Crippen LogP contribution in [0.2, 0.25) is 0 Å². The van der Waals surface area contributed by atoms with Gasteiger partial charge in [0.2, 0.25) is 11.8 Å². The molecule has 2 aromatic carbocycles. The molecule has 6 heteroatoms. The first-order valence-corrected chi connectivity index (χ1v) is 8.67. The standard InChI is InChI=1S/C21H26N2O4/c1-14-8-15(2)10-18(9-14)22-21(25)13-23(16(3)24)12-17-6-7-19(26-4)20(11-17)27-5/h6-11H,12-13H2,1-5H3,(H,22,25). The second-order valence-corrected chi connectivity index (χ2v) is 6.49. The van der Waals surface area contributed by atoms with Gasteiger partial charge in [-0.05, 0) is 54.8 Å². The average molecular weight is 370 g/mol. The number of carbonyl (C=O) groups excluding carboxylic acids is 2. The van der Waals surface area contributed by atoms with Crippen molar-refractivity contribution < 1.29 is 19.1 Å². The van der Waals surface area contributed by atoms with Gasteiger partial charge in [0.15, 0.2) is 11.5 Å². The summed E-state index contributed by atoms with van der Waals surface area (Å²) in [5, 5.41) is 2.86. The fraction of sp³-hybridized carbons (Fsp3) is 0.333. The predicted molar refractivity (Wildman–Crippen MR) is 105 cm³/mol. The van der Waals surface area contributed by atoms with Crippen molar-refractivity contribution in [3.8, 4) is 11.5 Å². The maximum atomic E-state index is 12.4. The van der Waals surface area contributed by atoms with E-state index in [1.807, 2.05) is 38.1 Å². The van der Waals surface area contributed by atoms with Gasteiger partial charge in [-0.25, -0.2) is 0 Å². The first-order valence-electron chi connectivity index (χ1n) is 8.67. The SMILES string of the molecule is COc1ccc(CN(CC(=O)Nc2cc(C)cc(C)c2)C(C)=O)cc1OC. The van der Waals surface area contributed by atoms with Gasteiger partial charge in [-0.2, -0.15) is 0 Å². The number of hydrogen-bond acceptors (Lipinski definition) is 4. The van der Waals surface area contributed by atoms with Crippen molar-refractivity contribution in [3.63, 3.8) is 0 Å². The molecule has 0 saturated heterocycles. The Balaban J connectivity index is 2.09. The summed E-state index contributed by atoms with van der Waals surface area (Å²) in [7, 11) is 3.12. The minimum Gasteiger partial charge on any atom is -0.493 e. The Morgan fingerprint density at radius 3 is 2.15 bits per heavy atom. The number of rotatable bonds is 7. The van der Waals surface area contributed by atoms with E-state index in [9.17, 15) is 9.59 Å². The molecule has 2 rings (SSSR count). The van der Waals surface area contributed by atoms with Crippen molar-refractivity contribution >= 4 is 17.5 Å². The molecule has 0 heterocycles. The van der Waals surface area contributed by atoms with E-state index in [1.165, 1.54) is 11.8 Å². The number of methoxy groups -OCH3 is 2. The molecule has 0 radical (unpaired) electrons. The molecule has 6 nitrogen and oxygen atoms in total. The molecule has 2 amide bonds. The summed E-state index contributed by atoms with van der Waals surface area (Å²) in [5.74, 6) is 0.775. The lowest BCUT2D eigenvalue weighted by Crippen LogP contribution is -2.36. The van der Waals surface area contributed by atoms with Gasteiger partial charge in [0.05, 0.1) is 14.2 Å². The van der Waals surface area contributed by atoms with Crippen LogP contribution in [-0.2, 0) is 16.1 Å². The van der Waals surface area contributed by atoms with Crippen molar-refractivity contribution in [1.82, 2.24) is 4.90 Å². The first-order chi connectivity index (χ1) is 12.8. The Kier molecular flexibility index (Phi) is 6.82. The highest BCUT2D eigenvalue weighted by atomic mass is 16.5. The third-order valence-electron chi connectivity index (χ3n) is 4.11. The van der Waals surface area contributed by atoms with Gasteiger partial charge in [0, 0.05) is 19.2 Å². The zero-order chi connectivity index (χ0) is 20.0. The third-order valence-corrected chi connectivity index (χ3v) is 4.11. The van der Waals surface area contributed by atoms with E-state index in [-0.39, 0.29) is 18.4 Å². The van der Waals surface area contributed by atoms with Crippen LogP contribution in [0.15, 0.2) is 36.4 Å². The number of nitrogens with zero attached hydrogens (tertiary/aromatic N) is 1. The van der Waals surface area contributed by atoms with E-state index >= 15 is 0 Å². The topological polar surface area (TPSA) is 67.9 Å². The first kappa shape index (κ1) is 20.3. The van der Waals surface area contributed by atoms with Gasteiger partial charge in [0.25, 0.3) is 0 Å². The molecule has 0 unspecified atom stereocenters. The van der Waals surface area contributed by atoms with E-state index < -0.39 is 0 Å². The summed E-state index contributed by atoms with van der Waals surface area (Å²) in [5.41, 5.74) is 3.72. The van der Waals surface area contributed by atoms with Crippen molar-refractivity contribution in [1.29, 1.82) is 0 Å². The Morgan fingerprint density at radius 2 is 1.59 bits per heavy atom. The molecule has 2 aromatic rings. The van der Waals surface area contributed by atoms with Crippen molar-refractivity contribution in [3.05, 3.63) is 53.1 Å². The number of nitrogens with one attached hydrogen (secondary N) is 1. The number of amides is 2. The highest BCUT2D eigenvalue weighted by Crippen LogP contribution is 2.28. The lowest BCUT2D eigenvalue weighted by atomic mass is 10.1. The monoisotopic (exact) mass is 370 g/mol. The Labute approximate surface area is 160 Å². The molecule has 27 heavy (non-hydrogen) atoms. The van der Waals surface area contributed by atoms with Crippen LogP contribution < -0.4 is 14.8 Å². The van der Waals surface area contributed by atoms with Gasteiger partial charge < -0.3 is 19.7 Å². The van der Waals surface area contributed by atoms with Gasteiger partial charge in [-0.1, -0.05) is 12.1 Å². The largest absolute Gasteiger partial charge is 0.493 e. The molecule has 0 aliphatic heterocycles. The molecule has 0 atom stereocenters. The smallest absolute Gasteiger partial charge is 0.244 e. The van der Waals surface area contributed by atoms with Gasteiger partial charge in [-0.15, -0.1) is 0 Å². The van der Waals surface area contributed by atoms with E-state index in [2.05, 4.69) is 5.32 Å². The summed E-state index contributed by atoms with van der Waals surface area (Å²) in [6, 6.07) is 11.3. The quantitative estimate of drug-likeness (QED) is 0.812. The minimum atomic E-state index is -0.240. The molecule has 0 aliphatic rings. The van der Waals surface area contributed by atoms with Crippen LogP contribution in [0, 0.1) is 13.8 Å². The summed E-state index contributed by atoms with van der Waals surface area (Å²) in [6.07, 6.45) is 0. The van der Waals surface area contributed by atoms with Crippen molar-refractivity contribution in [2.24, 2.45) is 0 Å². The molecule has 0 saturated carbocycles. The number of ether oxygens (including phenoxy) is 2. The normalized spacial score (nSPS) is 10.3. The molecule has 144 valence electrons. The maximum absolute atomic E-state index is 12.4. The number of benzene rings is 2. The van der Waals surface area contributed by atoms with E-state index in [0.717, 1.165) is 22.4 Å². The second-order valence-electron chi connectivity index (χ2n) is 6.49. The number of carbonyl (C=O) groups is 2. The number of aryl methyl sites for hydroxylation is 2. The number of hydrogen-bond donors (Lipinski definition) is 1. The number of anilines is 1. The van der Waals surface area contributed by atoms with Crippen LogP contribution in [-0.4, -0.2) is 37.5 Å². The third kappa shape index (κ3) is 5.74. The molecule has 0 aliphatic carbocycles. The van der Waals surface area contributed by atoms with Gasteiger partial charge in [0.1, 0.15) is 6.54 Å². The van der Waals surface area contributed by atoms with E-state index in [4.69, 9.17) is 9.47 Å². The molecular formula is C21H26N2O4. The Bertz CT molecular complexity index is 813. The Morgan fingerprint density at radius 1 is 0.963 bits per heavy atom. The Hall–Kier alpha value is -3.02. The molecule has 0 fully saturated rings. The minimum absolute atomic E-state index is 0.0311. The van der Waals surface area contributed by atoms with Gasteiger partial charge in [-0.3, -0.25) is 9.59 Å². The van der Waals surface area contributed by atoms with Crippen LogP contribution in [0.3, 0.4) is 0 Å². The van der Waals surface area contributed by atoms with Crippen LogP contribution in [0.5, 0.6) is 11.5 Å². The van der Waals surface area contributed by atoms with E-state index in [0.29, 0.717) is 18.0 Å². The molecular weight excluding hydrogens is 344 g/mol. The van der Waals surface area contributed by atoms with Gasteiger partial charge >= 0.3 is 0 Å². The zero-order valence-corrected chi connectivity index (χ0v) is 16.5. The highest BCUT2D eigenvalue weighted by molar-refractivity contribution is 5.94. The van der Waals surface area contributed by atoms with Crippen LogP contribution in [0.1, 0.15) is 23.6 Å². The average Bonchev–Trinajstić information content (AvgIpc) is 2.59. The van der Waals surface area contributed by atoms with Crippen LogP contribution >= 0.6 is 0 Å². The summed E-state index contributed by atoms with van der Waals surface area (Å²) >= 11 is 0. The summed E-state index contributed by atoms with van der Waals surface area (Å²) < 4.78 is 10.5.